The molecule has 0 radical (unpaired) electrons. The Bertz CT molecular complexity index is 2500. The van der Waals surface area contributed by atoms with Crippen LogP contribution in [0.15, 0.2) is 100 Å². The fourth-order valence-corrected chi connectivity index (χ4v) is 6.15. The summed E-state index contributed by atoms with van der Waals surface area (Å²) in [6.07, 6.45) is 6.25. The molecule has 0 bridgehead atoms. The fraction of sp³-hybridized carbons (Fsp3) is 0.125. The summed E-state index contributed by atoms with van der Waals surface area (Å²) in [4.78, 5) is 63.2. The van der Waals surface area contributed by atoms with E-state index in [1.54, 1.807) is 0 Å². The third kappa shape index (κ3) is 6.81. The smallest absolute Gasteiger partial charge is 0.335 e. The van der Waals surface area contributed by atoms with E-state index in [0.717, 1.165) is 17.9 Å². The molecule has 6 rings (SSSR count). The Morgan fingerprint density at radius 2 is 1.71 bits per heavy atom. The molecule has 2 N–H and O–H groups in total. The molecule has 0 fully saturated rings. The van der Waals surface area contributed by atoms with E-state index >= 15 is 8.78 Å². The number of aryl methyl sites for hydroxylation is 1. The van der Waals surface area contributed by atoms with Gasteiger partial charge in [0, 0.05) is 25.9 Å². The average molecular weight is 718 g/mol. The number of benzene rings is 2. The van der Waals surface area contributed by atoms with Crippen LogP contribution in [0.25, 0.3) is 22.4 Å². The van der Waals surface area contributed by atoms with E-state index in [2.05, 4.69) is 25.4 Å². The van der Waals surface area contributed by atoms with Crippen LogP contribution in [-0.2, 0) is 33.0 Å². The van der Waals surface area contributed by atoms with E-state index in [-0.39, 0.29) is 28.2 Å². The second-order valence-corrected chi connectivity index (χ2v) is 12.6. The normalized spacial score (nSPS) is 12.0. The minimum absolute atomic E-state index is 0.208. The van der Waals surface area contributed by atoms with Crippen LogP contribution in [0.5, 0.6) is 0 Å². The lowest BCUT2D eigenvalue weighted by Gasteiger charge is -2.18. The number of methoxy groups -OCH3 is 1. The van der Waals surface area contributed by atoms with Crippen molar-refractivity contribution in [2.45, 2.75) is 17.4 Å². The quantitative estimate of drug-likeness (QED) is 0.195. The van der Waals surface area contributed by atoms with Gasteiger partial charge in [0.1, 0.15) is 40.8 Å². The van der Waals surface area contributed by atoms with Crippen LogP contribution in [0.2, 0.25) is 0 Å². The molecule has 0 spiro atoms. The molecule has 1 atom stereocenters. The zero-order valence-electron chi connectivity index (χ0n) is 26.5. The van der Waals surface area contributed by atoms with Crippen molar-refractivity contribution in [1.82, 2.24) is 39.2 Å². The molecular formula is C32H25F2N9O7S. The van der Waals surface area contributed by atoms with Gasteiger partial charge in [-0.15, -0.1) is 0 Å². The molecule has 0 unspecified atom stereocenters. The molecule has 4 heterocycles. The van der Waals surface area contributed by atoms with Crippen LogP contribution in [0, 0.1) is 11.6 Å². The molecule has 16 nitrogen and oxygen atoms in total. The zero-order chi connectivity index (χ0) is 36.4. The van der Waals surface area contributed by atoms with E-state index in [9.17, 15) is 27.6 Å². The summed E-state index contributed by atoms with van der Waals surface area (Å²) in [5, 5.41) is 6.40. The fourth-order valence-electron chi connectivity index (χ4n) is 5.16. The van der Waals surface area contributed by atoms with Crippen molar-refractivity contribution in [3.05, 3.63) is 129 Å². The summed E-state index contributed by atoms with van der Waals surface area (Å²) in [6, 6.07) is 9.73. The minimum atomic E-state index is -4.36. The van der Waals surface area contributed by atoms with E-state index in [1.807, 2.05) is 4.72 Å². The number of anilines is 1. The van der Waals surface area contributed by atoms with E-state index in [1.165, 1.54) is 83.8 Å². The summed E-state index contributed by atoms with van der Waals surface area (Å²) < 4.78 is 66.4. The number of fused-ring (bicyclic) bond motifs is 1. The van der Waals surface area contributed by atoms with Crippen LogP contribution in [0.4, 0.5) is 14.5 Å². The number of carbonyl (C=O) groups is 2. The number of amides is 1. The molecule has 0 aliphatic carbocycles. The number of nitrogens with one attached hydrogen (secondary N) is 2. The van der Waals surface area contributed by atoms with Crippen LogP contribution >= 0.6 is 0 Å². The average Bonchev–Trinajstić information content (AvgIpc) is 3.66. The van der Waals surface area contributed by atoms with Gasteiger partial charge < -0.3 is 10.1 Å². The van der Waals surface area contributed by atoms with Crippen molar-refractivity contribution >= 4 is 38.5 Å². The SMILES string of the molecule is COC(=O)[C@H](Cc1ccc(-n2c(=O)c3ccncc3n(C)c2=O)cc1)NC(=O)c1c(F)cc(NS(=O)(=O)c2ccc(-n3cncn3)nc2)cc1F. The molecule has 2 aromatic carbocycles. The minimum Gasteiger partial charge on any atom is -0.467 e. The van der Waals surface area contributed by atoms with Gasteiger partial charge in [0.2, 0.25) is 0 Å². The molecule has 51 heavy (non-hydrogen) atoms. The first-order valence-electron chi connectivity index (χ1n) is 14.7. The maximum atomic E-state index is 15.2. The molecule has 1 amide bonds. The number of sulfonamides is 1. The maximum absolute atomic E-state index is 15.2. The molecule has 0 aliphatic rings. The van der Waals surface area contributed by atoms with Crippen molar-refractivity contribution in [3.63, 3.8) is 0 Å². The Balaban J connectivity index is 1.19. The molecule has 0 saturated heterocycles. The number of hydrogen-bond donors (Lipinski definition) is 2. The number of esters is 1. The number of nitrogens with zero attached hydrogens (tertiary/aromatic N) is 7. The number of aromatic nitrogens is 7. The first-order valence-corrected chi connectivity index (χ1v) is 16.2. The van der Waals surface area contributed by atoms with Gasteiger partial charge in [0.05, 0.1) is 35.6 Å². The summed E-state index contributed by atoms with van der Waals surface area (Å²) in [5.74, 6) is -4.83. The number of halogens is 2. The van der Waals surface area contributed by atoms with Crippen LogP contribution in [0.1, 0.15) is 15.9 Å². The first kappa shape index (κ1) is 34.2. The van der Waals surface area contributed by atoms with E-state index in [4.69, 9.17) is 4.74 Å². The van der Waals surface area contributed by atoms with Crippen LogP contribution < -0.4 is 21.3 Å². The van der Waals surface area contributed by atoms with Crippen molar-refractivity contribution in [3.8, 4) is 11.5 Å². The number of pyridine rings is 2. The highest BCUT2D eigenvalue weighted by molar-refractivity contribution is 7.92. The van der Waals surface area contributed by atoms with Crippen molar-refractivity contribution in [1.29, 1.82) is 0 Å². The highest BCUT2D eigenvalue weighted by Crippen LogP contribution is 2.23. The van der Waals surface area contributed by atoms with Crippen LogP contribution in [0.3, 0.4) is 0 Å². The van der Waals surface area contributed by atoms with E-state index in [0.29, 0.717) is 23.2 Å². The van der Waals surface area contributed by atoms with Gasteiger partial charge in [-0.2, -0.15) is 5.10 Å². The van der Waals surface area contributed by atoms with E-state index < -0.39 is 62.1 Å². The maximum Gasteiger partial charge on any atom is 0.335 e. The molecular weight excluding hydrogens is 692 g/mol. The zero-order valence-corrected chi connectivity index (χ0v) is 27.3. The third-order valence-corrected chi connectivity index (χ3v) is 9.07. The molecule has 0 saturated carbocycles. The molecule has 6 aromatic rings. The first-order chi connectivity index (χ1) is 24.4. The predicted molar refractivity (Wildman–Crippen MR) is 176 cm³/mol. The Morgan fingerprint density at radius 1 is 0.980 bits per heavy atom. The Hall–Kier alpha value is -6.63. The number of hydrogen-bond acceptors (Lipinski definition) is 11. The number of rotatable bonds is 10. The van der Waals surface area contributed by atoms with Crippen molar-refractivity contribution in [2.75, 3.05) is 11.8 Å². The summed E-state index contributed by atoms with van der Waals surface area (Å²) >= 11 is 0. The third-order valence-electron chi connectivity index (χ3n) is 7.70. The number of carbonyl (C=O) groups excluding carboxylic acids is 2. The predicted octanol–water partition coefficient (Wildman–Crippen LogP) is 1.65. The molecule has 0 aliphatic heterocycles. The monoisotopic (exact) mass is 717 g/mol. The largest absolute Gasteiger partial charge is 0.467 e. The Kier molecular flexibility index (Phi) is 9.20. The second-order valence-electron chi connectivity index (χ2n) is 10.9. The number of ether oxygens (including phenoxy) is 1. The van der Waals surface area contributed by atoms with Gasteiger partial charge in [-0.25, -0.2) is 46.0 Å². The van der Waals surface area contributed by atoms with Crippen molar-refractivity contribution < 1.29 is 31.5 Å². The van der Waals surface area contributed by atoms with Crippen molar-refractivity contribution in [2.24, 2.45) is 7.05 Å². The standard InChI is InChI=1S/C32H25F2N9O7S/c1-41-26-15-35-10-9-22(26)30(45)43(32(41)47)20-5-3-18(4-6-20)11-25(31(46)50-2)39-29(44)28-23(33)12-19(13-24(28)34)40-51(48,49)21-7-8-27(37-14-21)42-17-36-16-38-42/h3-10,12-17,25,40H,11H2,1-2H3,(H,39,44)/t25-/m0/s1. The lowest BCUT2D eigenvalue weighted by Crippen LogP contribution is -2.43. The molecule has 4 aromatic heterocycles. The molecule has 19 heteroatoms. The molecule has 260 valence electrons. The summed E-state index contributed by atoms with van der Waals surface area (Å²) in [7, 11) is -1.81. The summed E-state index contributed by atoms with van der Waals surface area (Å²) in [5.41, 5.74) is -1.79. The highest BCUT2D eigenvalue weighted by Gasteiger charge is 2.27. The second kappa shape index (κ2) is 13.7. The van der Waals surface area contributed by atoms with Gasteiger partial charge in [-0.3, -0.25) is 23.9 Å². The summed E-state index contributed by atoms with van der Waals surface area (Å²) in [6.45, 7) is 0. The Morgan fingerprint density at radius 3 is 2.33 bits per heavy atom. The van der Waals surface area contributed by atoms with Gasteiger partial charge in [0.15, 0.2) is 5.82 Å². The van der Waals surface area contributed by atoms with Gasteiger partial charge in [0.25, 0.3) is 21.5 Å². The lowest BCUT2D eigenvalue weighted by molar-refractivity contribution is -0.142. The van der Waals surface area contributed by atoms with Gasteiger partial charge in [-0.05, 0) is 48.0 Å². The topological polar surface area (TPSA) is 202 Å². The van der Waals surface area contributed by atoms with Gasteiger partial charge in [-0.1, -0.05) is 12.1 Å². The van der Waals surface area contributed by atoms with Crippen LogP contribution in [-0.4, -0.2) is 67.3 Å². The van der Waals surface area contributed by atoms with Gasteiger partial charge >= 0.3 is 11.7 Å². The lowest BCUT2D eigenvalue weighted by atomic mass is 10.0. The highest BCUT2D eigenvalue weighted by atomic mass is 32.2. The Labute approximate surface area is 286 Å².